The van der Waals surface area contributed by atoms with Crippen molar-refractivity contribution < 1.29 is 27.8 Å². The average molecular weight is 631 g/mol. The van der Waals surface area contributed by atoms with Crippen LogP contribution in [0.3, 0.4) is 0 Å². The molecule has 0 unspecified atom stereocenters. The topological polar surface area (TPSA) is 60.0 Å². The maximum Gasteiger partial charge on any atom is 0.251 e. The summed E-state index contributed by atoms with van der Waals surface area (Å²) < 4.78 is 47.2. The number of ether oxygens (including phenoxy) is 3. The van der Waals surface area contributed by atoms with Crippen LogP contribution in [-0.2, 0) is 16.0 Å². The number of hydrogen-bond donors (Lipinski definition) is 1. The monoisotopic (exact) mass is 630 g/mol. The first-order valence-electron chi connectivity index (χ1n) is 17.1. The molecule has 1 N–H and O–H groups in total. The Morgan fingerprint density at radius 1 is 0.891 bits per heavy atom. The number of nitrogens with zero attached hydrogens (tertiary/aromatic N) is 1. The largest absolute Gasteiger partial charge is 0.448 e. The Morgan fingerprint density at radius 3 is 2.22 bits per heavy atom. The molecule has 46 heavy (non-hydrogen) atoms. The summed E-state index contributed by atoms with van der Waals surface area (Å²) in [5, 5.41) is 2.85. The van der Waals surface area contributed by atoms with E-state index in [0.717, 1.165) is 112 Å². The van der Waals surface area contributed by atoms with Crippen molar-refractivity contribution in [3.05, 3.63) is 94.6 Å². The van der Waals surface area contributed by atoms with Crippen molar-refractivity contribution in [2.24, 2.45) is 5.92 Å². The smallest absolute Gasteiger partial charge is 0.251 e. The third-order valence-electron chi connectivity index (χ3n) is 10.6. The highest BCUT2D eigenvalue weighted by Gasteiger charge is 2.46. The van der Waals surface area contributed by atoms with Crippen LogP contribution in [-0.4, -0.2) is 49.4 Å². The molecule has 3 heterocycles. The number of rotatable bonds is 10. The van der Waals surface area contributed by atoms with Gasteiger partial charge in [0.15, 0.2) is 11.5 Å². The number of likely N-dealkylation sites (tertiary alicyclic amines) is 1. The molecule has 6 nitrogen and oxygen atoms in total. The summed E-state index contributed by atoms with van der Waals surface area (Å²) >= 11 is 0. The molecule has 1 saturated carbocycles. The molecule has 2 atom stereocenters. The Labute approximate surface area is 270 Å². The minimum absolute atomic E-state index is 0.0486. The maximum absolute atomic E-state index is 13.7. The molecule has 4 aliphatic rings. The van der Waals surface area contributed by atoms with Gasteiger partial charge >= 0.3 is 0 Å². The van der Waals surface area contributed by atoms with Gasteiger partial charge in [0, 0.05) is 37.3 Å². The van der Waals surface area contributed by atoms with E-state index >= 15 is 0 Å². The van der Waals surface area contributed by atoms with Crippen molar-refractivity contribution >= 4 is 6.41 Å². The first-order chi connectivity index (χ1) is 22.5. The lowest BCUT2D eigenvalue weighted by molar-refractivity contribution is -0.111. The molecule has 8 heteroatoms. The van der Waals surface area contributed by atoms with E-state index in [1.54, 1.807) is 0 Å². The van der Waals surface area contributed by atoms with Crippen molar-refractivity contribution in [1.82, 2.24) is 10.2 Å². The maximum atomic E-state index is 13.7. The van der Waals surface area contributed by atoms with Gasteiger partial charge in [-0.1, -0.05) is 36.8 Å². The fraction of sp³-hybridized carbons (Fsp3) is 0.500. The molecule has 0 bridgehead atoms. The summed E-state index contributed by atoms with van der Waals surface area (Å²) in [5.41, 5.74) is 4.38. The van der Waals surface area contributed by atoms with Crippen LogP contribution in [0.4, 0.5) is 8.78 Å². The van der Waals surface area contributed by atoms with E-state index in [2.05, 4.69) is 16.3 Å². The quantitative estimate of drug-likeness (QED) is 0.236. The zero-order valence-electron chi connectivity index (χ0n) is 26.4. The third-order valence-corrected chi connectivity index (χ3v) is 10.6. The number of hydrogen-bond acceptors (Lipinski definition) is 5. The average Bonchev–Trinajstić information content (AvgIpc) is 3.45. The molecule has 1 aliphatic carbocycles. The van der Waals surface area contributed by atoms with Crippen LogP contribution < -0.4 is 14.8 Å². The second kappa shape index (κ2) is 13.7. The zero-order chi connectivity index (χ0) is 31.5. The number of carbonyl (C=O) groups is 1. The molecule has 3 aromatic rings. The lowest BCUT2D eigenvalue weighted by atomic mass is 9.83. The number of piperidine rings is 1. The van der Waals surface area contributed by atoms with Crippen LogP contribution in [0.15, 0.2) is 60.7 Å². The van der Waals surface area contributed by atoms with Gasteiger partial charge in [-0.25, -0.2) is 8.78 Å². The van der Waals surface area contributed by atoms with Crippen molar-refractivity contribution in [3.63, 3.8) is 0 Å². The van der Waals surface area contributed by atoms with Gasteiger partial charge in [0.2, 0.25) is 6.41 Å². The molecule has 244 valence electrons. The standard InChI is InChI=1S/C38H44F2N2O4/c39-29-10-6-26(7-11-29)31(27-8-12-30(40)13-9-27)5-4-20-42-21-16-28(17-22-42)35-23-33-32(36(44-35)24-41-25-43)14-15-34-37(33)46-38(45-34)18-2-1-3-19-38/h6-15,25,28,31,35-36H,1-5,16-24H2,(H,41,43)/t35-,36-/m1/s1. The molecule has 1 saturated heterocycles. The van der Waals surface area contributed by atoms with Crippen molar-refractivity contribution in [2.45, 2.75) is 88.1 Å². The predicted molar refractivity (Wildman–Crippen MR) is 172 cm³/mol. The zero-order valence-corrected chi connectivity index (χ0v) is 26.4. The SMILES string of the molecule is O=CNC[C@H]1O[C@@H](C2CCN(CCCC(c3ccc(F)cc3)c3ccc(F)cc3)CC2)Cc2c1ccc1c2OC2(CCCCC2)O1. The lowest BCUT2D eigenvalue weighted by Gasteiger charge is -2.40. The Morgan fingerprint density at radius 2 is 1.57 bits per heavy atom. The number of halogens is 2. The van der Waals surface area contributed by atoms with E-state index in [1.807, 2.05) is 30.3 Å². The third kappa shape index (κ3) is 6.65. The number of benzene rings is 3. The van der Waals surface area contributed by atoms with Crippen molar-refractivity contribution in [3.8, 4) is 11.5 Å². The van der Waals surface area contributed by atoms with E-state index in [4.69, 9.17) is 14.2 Å². The van der Waals surface area contributed by atoms with Crippen LogP contribution in [0.25, 0.3) is 0 Å². The highest BCUT2D eigenvalue weighted by molar-refractivity contribution is 5.55. The van der Waals surface area contributed by atoms with E-state index in [9.17, 15) is 13.6 Å². The van der Waals surface area contributed by atoms with Gasteiger partial charge in [0.25, 0.3) is 5.79 Å². The van der Waals surface area contributed by atoms with Crippen molar-refractivity contribution in [2.75, 3.05) is 26.2 Å². The molecule has 3 aliphatic heterocycles. The normalized spacial score (nSPS) is 22.6. The van der Waals surface area contributed by atoms with Crippen LogP contribution in [0.5, 0.6) is 11.5 Å². The Kier molecular flexibility index (Phi) is 9.27. The highest BCUT2D eigenvalue weighted by Crippen LogP contribution is 2.51. The van der Waals surface area contributed by atoms with Gasteiger partial charge in [-0.2, -0.15) is 0 Å². The second-order valence-corrected chi connectivity index (χ2v) is 13.5. The first kappa shape index (κ1) is 31.1. The van der Waals surface area contributed by atoms with E-state index in [1.165, 1.54) is 36.2 Å². The van der Waals surface area contributed by atoms with Gasteiger partial charge in [0.1, 0.15) is 17.7 Å². The van der Waals surface area contributed by atoms with E-state index < -0.39 is 5.79 Å². The minimum atomic E-state index is -0.530. The van der Waals surface area contributed by atoms with Gasteiger partial charge in [0.05, 0.1) is 6.10 Å². The fourth-order valence-electron chi connectivity index (χ4n) is 8.14. The molecule has 3 aromatic carbocycles. The van der Waals surface area contributed by atoms with E-state index in [-0.39, 0.29) is 29.8 Å². The minimum Gasteiger partial charge on any atom is -0.448 e. The summed E-state index contributed by atoms with van der Waals surface area (Å²) in [7, 11) is 0. The summed E-state index contributed by atoms with van der Waals surface area (Å²) in [6.45, 7) is 3.41. The lowest BCUT2D eigenvalue weighted by Crippen LogP contribution is -2.43. The predicted octanol–water partition coefficient (Wildman–Crippen LogP) is 7.45. The number of amides is 1. The number of carbonyl (C=O) groups excluding carboxylic acids is 1. The number of nitrogens with one attached hydrogen (secondary N) is 1. The van der Waals surface area contributed by atoms with Gasteiger partial charge < -0.3 is 24.4 Å². The van der Waals surface area contributed by atoms with Crippen LogP contribution in [0.1, 0.15) is 92.1 Å². The summed E-state index contributed by atoms with van der Waals surface area (Å²) in [5.74, 6) is 1.20. The molecule has 0 aromatic heterocycles. The fourth-order valence-corrected chi connectivity index (χ4v) is 8.14. The second-order valence-electron chi connectivity index (χ2n) is 13.5. The van der Waals surface area contributed by atoms with Crippen molar-refractivity contribution in [1.29, 1.82) is 0 Å². The van der Waals surface area contributed by atoms with Crippen LogP contribution in [0.2, 0.25) is 0 Å². The molecular weight excluding hydrogens is 586 g/mol. The van der Waals surface area contributed by atoms with Crippen LogP contribution >= 0.6 is 0 Å². The Bertz CT molecular complexity index is 1440. The molecule has 2 fully saturated rings. The highest BCUT2D eigenvalue weighted by atomic mass is 19.1. The molecular formula is C38H44F2N2O4. The Hall–Kier alpha value is -3.49. The summed E-state index contributed by atoms with van der Waals surface area (Å²) in [4.78, 5) is 13.8. The Balaban J connectivity index is 0.984. The van der Waals surface area contributed by atoms with E-state index in [0.29, 0.717) is 12.5 Å². The summed E-state index contributed by atoms with van der Waals surface area (Å²) in [6, 6.07) is 17.5. The molecule has 1 spiro atoms. The molecule has 0 radical (unpaired) electrons. The van der Waals surface area contributed by atoms with Gasteiger partial charge in [-0.3, -0.25) is 4.79 Å². The molecule has 7 rings (SSSR count). The molecule has 1 amide bonds. The summed E-state index contributed by atoms with van der Waals surface area (Å²) in [6.07, 6.45) is 10.6. The number of fused-ring (bicyclic) bond motifs is 3. The van der Waals surface area contributed by atoms with Crippen LogP contribution in [0, 0.1) is 17.6 Å². The van der Waals surface area contributed by atoms with Gasteiger partial charge in [-0.05, 0) is 111 Å². The van der Waals surface area contributed by atoms with Gasteiger partial charge in [-0.15, -0.1) is 0 Å². The first-order valence-corrected chi connectivity index (χ1v) is 17.1.